The Labute approximate surface area is 126 Å². The molecule has 3 heteroatoms. The summed E-state index contributed by atoms with van der Waals surface area (Å²) in [6, 6.07) is 8.76. The number of hydrogen-bond acceptors (Lipinski definition) is 3. The monoisotopic (exact) mass is 287 g/mol. The van der Waals surface area contributed by atoms with Gasteiger partial charge in [-0.3, -0.25) is 0 Å². The molecule has 21 heavy (non-hydrogen) atoms. The lowest BCUT2D eigenvalue weighted by molar-refractivity contribution is 0.274. The van der Waals surface area contributed by atoms with Gasteiger partial charge in [-0.2, -0.15) is 0 Å². The van der Waals surface area contributed by atoms with Crippen molar-refractivity contribution in [3.05, 3.63) is 30.0 Å². The Hall–Kier alpha value is -1.48. The predicted molar refractivity (Wildman–Crippen MR) is 85.6 cm³/mol. The molecule has 1 N–H and O–H groups in total. The van der Waals surface area contributed by atoms with Crippen LogP contribution in [-0.2, 0) is 6.54 Å². The summed E-state index contributed by atoms with van der Waals surface area (Å²) in [6.07, 6.45) is 6.65. The molecule has 114 valence electrons. The number of ether oxygens (including phenoxy) is 1. The van der Waals surface area contributed by atoms with Gasteiger partial charge in [-0.1, -0.05) is 38.3 Å². The van der Waals surface area contributed by atoms with Gasteiger partial charge in [0.1, 0.15) is 5.76 Å². The number of benzene rings is 1. The maximum absolute atomic E-state index is 5.95. The van der Waals surface area contributed by atoms with Crippen LogP contribution in [0.15, 0.2) is 28.7 Å². The van der Waals surface area contributed by atoms with Gasteiger partial charge in [0, 0.05) is 11.4 Å². The van der Waals surface area contributed by atoms with Gasteiger partial charge in [-0.25, -0.2) is 0 Å². The first kappa shape index (κ1) is 14.5. The molecule has 1 fully saturated rings. The molecule has 3 rings (SSSR count). The van der Waals surface area contributed by atoms with E-state index in [4.69, 9.17) is 9.15 Å². The van der Waals surface area contributed by atoms with Gasteiger partial charge in [-0.15, -0.1) is 0 Å². The van der Waals surface area contributed by atoms with Crippen molar-refractivity contribution < 1.29 is 9.15 Å². The highest BCUT2D eigenvalue weighted by Crippen LogP contribution is 2.29. The Morgan fingerprint density at radius 1 is 1.33 bits per heavy atom. The third kappa shape index (κ3) is 3.24. The van der Waals surface area contributed by atoms with Gasteiger partial charge in [0.25, 0.3) is 0 Å². The molecular weight excluding hydrogens is 262 g/mol. The zero-order chi connectivity index (χ0) is 14.7. The van der Waals surface area contributed by atoms with Crippen LogP contribution in [0, 0.1) is 5.92 Å². The molecule has 1 aromatic carbocycles. The maximum atomic E-state index is 5.95. The second-order valence-electron chi connectivity index (χ2n) is 6.11. The van der Waals surface area contributed by atoms with Crippen LogP contribution in [0.3, 0.4) is 0 Å². The summed E-state index contributed by atoms with van der Waals surface area (Å²) in [7, 11) is 1.68. The van der Waals surface area contributed by atoms with Crippen LogP contribution < -0.4 is 10.1 Å². The Morgan fingerprint density at radius 3 is 3.05 bits per heavy atom. The van der Waals surface area contributed by atoms with Crippen molar-refractivity contribution in [3.8, 4) is 5.75 Å². The fourth-order valence-corrected chi connectivity index (χ4v) is 3.43. The van der Waals surface area contributed by atoms with E-state index in [2.05, 4.69) is 24.4 Å². The number of hydrogen-bond donors (Lipinski definition) is 1. The van der Waals surface area contributed by atoms with Crippen LogP contribution in [0.5, 0.6) is 5.75 Å². The molecule has 0 spiro atoms. The molecule has 0 radical (unpaired) electrons. The highest BCUT2D eigenvalue weighted by molar-refractivity contribution is 5.83. The Morgan fingerprint density at radius 2 is 2.24 bits per heavy atom. The lowest BCUT2D eigenvalue weighted by Crippen LogP contribution is -2.33. The highest BCUT2D eigenvalue weighted by Gasteiger charge is 2.20. The molecule has 0 aliphatic heterocycles. The van der Waals surface area contributed by atoms with E-state index in [1.54, 1.807) is 7.11 Å². The van der Waals surface area contributed by atoms with Crippen LogP contribution in [0.1, 0.15) is 44.8 Å². The predicted octanol–water partition coefficient (Wildman–Crippen LogP) is 4.50. The average Bonchev–Trinajstić information content (AvgIpc) is 2.96. The van der Waals surface area contributed by atoms with Crippen molar-refractivity contribution in [2.45, 2.75) is 51.6 Å². The fraction of sp³-hybridized carbons (Fsp3) is 0.556. The minimum atomic E-state index is 0.638. The van der Waals surface area contributed by atoms with Crippen LogP contribution in [0.25, 0.3) is 11.0 Å². The summed E-state index contributed by atoms with van der Waals surface area (Å²) in [5, 5.41) is 4.78. The molecule has 2 unspecified atom stereocenters. The van der Waals surface area contributed by atoms with Gasteiger partial charge >= 0.3 is 0 Å². The summed E-state index contributed by atoms with van der Waals surface area (Å²) in [5.41, 5.74) is 0.854. The molecule has 1 aromatic heterocycles. The number of fused-ring (bicyclic) bond motifs is 1. The number of methoxy groups -OCH3 is 1. The third-order valence-corrected chi connectivity index (χ3v) is 4.70. The van der Waals surface area contributed by atoms with Crippen molar-refractivity contribution >= 4 is 11.0 Å². The molecule has 1 heterocycles. The molecule has 2 aromatic rings. The number of furan rings is 1. The van der Waals surface area contributed by atoms with Gasteiger partial charge in [-0.05, 0) is 30.9 Å². The summed E-state index contributed by atoms with van der Waals surface area (Å²) < 4.78 is 11.3. The molecular formula is C18H25NO2. The average molecular weight is 287 g/mol. The summed E-state index contributed by atoms with van der Waals surface area (Å²) in [4.78, 5) is 0. The van der Waals surface area contributed by atoms with E-state index in [0.29, 0.717) is 6.04 Å². The third-order valence-electron chi connectivity index (χ3n) is 4.70. The van der Waals surface area contributed by atoms with Crippen molar-refractivity contribution in [2.24, 2.45) is 5.92 Å². The molecule has 1 aliphatic carbocycles. The van der Waals surface area contributed by atoms with Crippen LogP contribution in [0.2, 0.25) is 0 Å². The quantitative estimate of drug-likeness (QED) is 0.879. The molecule has 3 nitrogen and oxygen atoms in total. The number of nitrogens with one attached hydrogen (secondary N) is 1. The first-order valence-corrected chi connectivity index (χ1v) is 8.09. The van der Waals surface area contributed by atoms with E-state index in [1.807, 2.05) is 12.1 Å². The molecule has 2 atom stereocenters. The normalized spacial score (nSPS) is 22.6. The largest absolute Gasteiger partial charge is 0.493 e. The molecule has 0 amide bonds. The summed E-state index contributed by atoms with van der Waals surface area (Å²) in [5.74, 6) is 2.70. The Balaban J connectivity index is 1.65. The van der Waals surface area contributed by atoms with Gasteiger partial charge in [0.05, 0.1) is 13.7 Å². The zero-order valence-corrected chi connectivity index (χ0v) is 13.0. The Bertz CT molecular complexity index is 590. The SMILES string of the molecule is CCC1CCCC(NCc2cc3cccc(OC)c3o2)C1. The maximum Gasteiger partial charge on any atom is 0.176 e. The van der Waals surface area contributed by atoms with Crippen molar-refractivity contribution in [1.82, 2.24) is 5.32 Å². The van der Waals surface area contributed by atoms with E-state index in [0.717, 1.165) is 34.9 Å². The van der Waals surface area contributed by atoms with Gasteiger partial charge in [0.15, 0.2) is 11.3 Å². The van der Waals surface area contributed by atoms with Crippen molar-refractivity contribution in [2.75, 3.05) is 7.11 Å². The molecule has 1 aliphatic rings. The van der Waals surface area contributed by atoms with E-state index in [1.165, 1.54) is 32.1 Å². The molecule has 0 bridgehead atoms. The number of rotatable bonds is 5. The smallest absolute Gasteiger partial charge is 0.176 e. The summed E-state index contributed by atoms with van der Waals surface area (Å²) in [6.45, 7) is 3.11. The van der Waals surface area contributed by atoms with Crippen molar-refractivity contribution in [1.29, 1.82) is 0 Å². The first-order chi connectivity index (χ1) is 10.3. The van der Waals surface area contributed by atoms with Gasteiger partial charge in [0.2, 0.25) is 0 Å². The zero-order valence-electron chi connectivity index (χ0n) is 13.0. The van der Waals surface area contributed by atoms with Crippen LogP contribution in [-0.4, -0.2) is 13.2 Å². The fourth-order valence-electron chi connectivity index (χ4n) is 3.43. The van der Waals surface area contributed by atoms with E-state index in [9.17, 15) is 0 Å². The Kier molecular flexibility index (Phi) is 4.49. The van der Waals surface area contributed by atoms with Gasteiger partial charge < -0.3 is 14.5 Å². The lowest BCUT2D eigenvalue weighted by Gasteiger charge is -2.28. The topological polar surface area (TPSA) is 34.4 Å². The molecule has 1 saturated carbocycles. The minimum Gasteiger partial charge on any atom is -0.493 e. The van der Waals surface area contributed by atoms with Crippen molar-refractivity contribution in [3.63, 3.8) is 0 Å². The second-order valence-corrected chi connectivity index (χ2v) is 6.11. The van der Waals surface area contributed by atoms with E-state index >= 15 is 0 Å². The lowest BCUT2D eigenvalue weighted by atomic mass is 9.84. The second kappa shape index (κ2) is 6.52. The van der Waals surface area contributed by atoms with E-state index < -0.39 is 0 Å². The van der Waals surface area contributed by atoms with Crippen LogP contribution in [0.4, 0.5) is 0 Å². The van der Waals surface area contributed by atoms with E-state index in [-0.39, 0.29) is 0 Å². The highest BCUT2D eigenvalue weighted by atomic mass is 16.5. The standard InChI is InChI=1S/C18H25NO2/c1-3-13-6-4-8-15(10-13)19-12-16-11-14-7-5-9-17(20-2)18(14)21-16/h5,7,9,11,13,15,19H,3-4,6,8,10,12H2,1-2H3. The minimum absolute atomic E-state index is 0.638. The molecule has 0 saturated heterocycles. The first-order valence-electron chi connectivity index (χ1n) is 8.09. The number of para-hydroxylation sites is 1. The summed E-state index contributed by atoms with van der Waals surface area (Å²) >= 11 is 0. The van der Waals surface area contributed by atoms with Crippen LogP contribution >= 0.6 is 0 Å².